The number of nitrogens with two attached hydrogens (primary N) is 1. The Hall–Kier alpha value is -0.220. The summed E-state index contributed by atoms with van der Waals surface area (Å²) in [5.74, 6) is 3.72. The van der Waals surface area contributed by atoms with Gasteiger partial charge in [0, 0.05) is 13.0 Å². The molecule has 1 aliphatic rings. The minimum Gasteiger partial charge on any atom is -0.356 e. The number of nitrogens with one attached hydrogen (secondary N) is 1. The molecular formula is C12H24N2OS. The van der Waals surface area contributed by atoms with Gasteiger partial charge in [0.25, 0.3) is 0 Å². The van der Waals surface area contributed by atoms with E-state index in [1.54, 1.807) is 0 Å². The molecule has 1 saturated heterocycles. The first-order valence-corrected chi connectivity index (χ1v) is 7.46. The van der Waals surface area contributed by atoms with Crippen LogP contribution in [0.25, 0.3) is 0 Å². The van der Waals surface area contributed by atoms with Crippen LogP contribution in [-0.2, 0) is 4.79 Å². The van der Waals surface area contributed by atoms with Crippen molar-refractivity contribution >= 4 is 17.7 Å². The number of carbonyl (C=O) groups is 1. The van der Waals surface area contributed by atoms with Crippen LogP contribution in [0.1, 0.15) is 32.6 Å². The molecule has 1 rings (SSSR count). The maximum absolute atomic E-state index is 11.6. The number of amides is 1. The van der Waals surface area contributed by atoms with Gasteiger partial charge in [0.15, 0.2) is 0 Å². The summed E-state index contributed by atoms with van der Waals surface area (Å²) in [6.45, 7) is 3.56. The maximum Gasteiger partial charge on any atom is 0.220 e. The van der Waals surface area contributed by atoms with Crippen LogP contribution in [0.15, 0.2) is 0 Å². The second kappa shape index (κ2) is 7.96. The van der Waals surface area contributed by atoms with Crippen LogP contribution in [0.2, 0.25) is 0 Å². The van der Waals surface area contributed by atoms with E-state index >= 15 is 0 Å². The highest BCUT2D eigenvalue weighted by Crippen LogP contribution is 2.21. The molecule has 1 heterocycles. The predicted octanol–water partition coefficient (Wildman–Crippen LogP) is 1.62. The van der Waals surface area contributed by atoms with E-state index in [1.165, 1.54) is 24.3 Å². The number of hydrogen-bond acceptors (Lipinski definition) is 3. The maximum atomic E-state index is 11.6. The van der Waals surface area contributed by atoms with Crippen LogP contribution < -0.4 is 11.1 Å². The Bertz CT molecular complexity index is 201. The molecule has 1 unspecified atom stereocenters. The first-order chi connectivity index (χ1) is 7.76. The van der Waals surface area contributed by atoms with Crippen molar-refractivity contribution in [1.29, 1.82) is 0 Å². The van der Waals surface area contributed by atoms with Gasteiger partial charge >= 0.3 is 0 Å². The van der Waals surface area contributed by atoms with Crippen LogP contribution >= 0.6 is 11.8 Å². The standard InChI is InChI=1S/C12H24N2OS/c1-2-10(8-13)7-12(15)14-9-11-3-5-16-6-4-11/h10-11H,2-9,13H2,1H3,(H,14,15). The van der Waals surface area contributed by atoms with Crippen LogP contribution in [0, 0.1) is 11.8 Å². The summed E-state index contributed by atoms with van der Waals surface area (Å²) in [4.78, 5) is 11.6. The molecule has 0 radical (unpaired) electrons. The second-order valence-corrected chi connectivity index (χ2v) is 5.80. The summed E-state index contributed by atoms with van der Waals surface area (Å²) >= 11 is 2.02. The molecule has 1 fully saturated rings. The van der Waals surface area contributed by atoms with E-state index in [9.17, 15) is 4.79 Å². The molecule has 1 amide bonds. The van der Waals surface area contributed by atoms with E-state index in [2.05, 4.69) is 12.2 Å². The van der Waals surface area contributed by atoms with Crippen molar-refractivity contribution in [2.45, 2.75) is 32.6 Å². The summed E-state index contributed by atoms with van der Waals surface area (Å²) in [7, 11) is 0. The van der Waals surface area contributed by atoms with Crippen LogP contribution in [0.5, 0.6) is 0 Å². The molecule has 3 N–H and O–H groups in total. The van der Waals surface area contributed by atoms with E-state index < -0.39 is 0 Å². The van der Waals surface area contributed by atoms with Crippen molar-refractivity contribution in [2.75, 3.05) is 24.6 Å². The van der Waals surface area contributed by atoms with Crippen molar-refractivity contribution < 1.29 is 4.79 Å². The lowest BCUT2D eigenvalue weighted by atomic mass is 10.0. The van der Waals surface area contributed by atoms with Crippen LogP contribution in [0.4, 0.5) is 0 Å². The van der Waals surface area contributed by atoms with Gasteiger partial charge in [-0.3, -0.25) is 4.79 Å². The summed E-state index contributed by atoms with van der Waals surface area (Å²) in [5.41, 5.74) is 5.59. The fourth-order valence-electron chi connectivity index (χ4n) is 1.94. The minimum absolute atomic E-state index is 0.176. The second-order valence-electron chi connectivity index (χ2n) is 4.57. The van der Waals surface area contributed by atoms with E-state index in [-0.39, 0.29) is 5.91 Å². The van der Waals surface area contributed by atoms with E-state index in [0.717, 1.165) is 13.0 Å². The summed E-state index contributed by atoms with van der Waals surface area (Å²) in [5, 5.41) is 3.05. The fraction of sp³-hybridized carbons (Fsp3) is 0.917. The number of thioether (sulfide) groups is 1. The van der Waals surface area contributed by atoms with Crippen molar-refractivity contribution in [2.24, 2.45) is 17.6 Å². The van der Waals surface area contributed by atoms with E-state index in [0.29, 0.717) is 24.8 Å². The van der Waals surface area contributed by atoms with E-state index in [1.807, 2.05) is 11.8 Å². The Morgan fingerprint density at radius 3 is 2.75 bits per heavy atom. The smallest absolute Gasteiger partial charge is 0.220 e. The van der Waals surface area contributed by atoms with Gasteiger partial charge in [-0.15, -0.1) is 0 Å². The average molecular weight is 244 g/mol. The lowest BCUT2D eigenvalue weighted by Gasteiger charge is -2.22. The highest BCUT2D eigenvalue weighted by molar-refractivity contribution is 7.99. The normalized spacial score (nSPS) is 19.4. The Kier molecular flexibility index (Phi) is 6.88. The molecule has 1 atom stereocenters. The molecule has 0 aliphatic carbocycles. The minimum atomic E-state index is 0.176. The van der Waals surface area contributed by atoms with Gasteiger partial charge in [-0.2, -0.15) is 11.8 Å². The molecule has 0 aromatic carbocycles. The number of rotatable bonds is 6. The monoisotopic (exact) mass is 244 g/mol. The van der Waals surface area contributed by atoms with Gasteiger partial charge < -0.3 is 11.1 Å². The predicted molar refractivity (Wildman–Crippen MR) is 70.5 cm³/mol. The SMILES string of the molecule is CCC(CN)CC(=O)NCC1CCSCC1. The van der Waals surface area contributed by atoms with Crippen molar-refractivity contribution in [3.8, 4) is 0 Å². The Morgan fingerprint density at radius 1 is 1.50 bits per heavy atom. The first-order valence-electron chi connectivity index (χ1n) is 6.30. The zero-order chi connectivity index (χ0) is 11.8. The van der Waals surface area contributed by atoms with Gasteiger partial charge in [0.2, 0.25) is 5.91 Å². The topological polar surface area (TPSA) is 55.1 Å². The van der Waals surface area contributed by atoms with Crippen molar-refractivity contribution in [1.82, 2.24) is 5.32 Å². The van der Waals surface area contributed by atoms with Crippen molar-refractivity contribution in [3.05, 3.63) is 0 Å². The highest BCUT2D eigenvalue weighted by atomic mass is 32.2. The lowest BCUT2D eigenvalue weighted by molar-refractivity contribution is -0.122. The van der Waals surface area contributed by atoms with Crippen LogP contribution in [0.3, 0.4) is 0 Å². The molecule has 4 heteroatoms. The first kappa shape index (κ1) is 13.8. The number of hydrogen-bond donors (Lipinski definition) is 2. The largest absolute Gasteiger partial charge is 0.356 e. The van der Waals surface area contributed by atoms with E-state index in [4.69, 9.17) is 5.73 Å². The molecule has 0 saturated carbocycles. The molecule has 0 aromatic rings. The fourth-order valence-corrected chi connectivity index (χ4v) is 3.14. The summed E-state index contributed by atoms with van der Waals surface area (Å²) < 4.78 is 0. The van der Waals surface area contributed by atoms with Gasteiger partial charge in [-0.05, 0) is 42.7 Å². The molecule has 16 heavy (non-hydrogen) atoms. The third-order valence-electron chi connectivity index (χ3n) is 3.31. The van der Waals surface area contributed by atoms with Gasteiger partial charge in [0.1, 0.15) is 0 Å². The lowest BCUT2D eigenvalue weighted by Crippen LogP contribution is -2.33. The molecule has 3 nitrogen and oxygen atoms in total. The van der Waals surface area contributed by atoms with Gasteiger partial charge in [-0.25, -0.2) is 0 Å². The molecule has 0 spiro atoms. The van der Waals surface area contributed by atoms with Gasteiger partial charge in [0.05, 0.1) is 0 Å². The molecule has 1 aliphatic heterocycles. The quantitative estimate of drug-likeness (QED) is 0.746. The third-order valence-corrected chi connectivity index (χ3v) is 4.36. The Morgan fingerprint density at radius 2 is 2.19 bits per heavy atom. The molecule has 0 bridgehead atoms. The third kappa shape index (κ3) is 5.21. The Balaban J connectivity index is 2.13. The summed E-state index contributed by atoms with van der Waals surface area (Å²) in [6, 6.07) is 0. The van der Waals surface area contributed by atoms with Gasteiger partial charge in [-0.1, -0.05) is 13.3 Å². The summed E-state index contributed by atoms with van der Waals surface area (Å²) in [6.07, 6.45) is 4.08. The van der Waals surface area contributed by atoms with Crippen LogP contribution in [-0.4, -0.2) is 30.5 Å². The average Bonchev–Trinajstić information content (AvgIpc) is 2.34. The zero-order valence-electron chi connectivity index (χ0n) is 10.2. The zero-order valence-corrected chi connectivity index (χ0v) is 11.0. The number of carbonyl (C=O) groups excluding carboxylic acids is 1. The molecular weight excluding hydrogens is 220 g/mol. The molecule has 94 valence electrons. The Labute approximate surface area is 103 Å². The highest BCUT2D eigenvalue weighted by Gasteiger charge is 2.15. The van der Waals surface area contributed by atoms with Crippen molar-refractivity contribution in [3.63, 3.8) is 0 Å². The molecule has 0 aromatic heterocycles.